The fourth-order valence-electron chi connectivity index (χ4n) is 7.29. The van der Waals surface area contributed by atoms with Crippen LogP contribution in [-0.4, -0.2) is 46.9 Å². The lowest BCUT2D eigenvalue weighted by atomic mass is 10.0. The van der Waals surface area contributed by atoms with Crippen LogP contribution in [0.2, 0.25) is 0 Å². The summed E-state index contributed by atoms with van der Waals surface area (Å²) in [5.74, 6) is -0.604. The molecule has 3 atom stereocenters. The molecule has 0 saturated carbocycles. The van der Waals surface area contributed by atoms with Crippen LogP contribution in [0.3, 0.4) is 0 Å². The van der Waals surface area contributed by atoms with Crippen LogP contribution in [0.4, 0.5) is 0 Å². The molecule has 62 heavy (non-hydrogen) atoms. The lowest BCUT2D eigenvalue weighted by Gasteiger charge is -2.24. The van der Waals surface area contributed by atoms with E-state index < -0.39 is 18.2 Å². The molecule has 0 heterocycles. The molecule has 0 saturated heterocycles. The van der Waals surface area contributed by atoms with Gasteiger partial charge >= 0.3 is 5.97 Å². The van der Waals surface area contributed by atoms with Crippen LogP contribution in [-0.2, 0) is 14.3 Å². The largest absolute Gasteiger partial charge is 0.461 e. The van der Waals surface area contributed by atoms with Crippen LogP contribution in [0, 0.1) is 0 Å². The highest BCUT2D eigenvalue weighted by atomic mass is 16.5. The van der Waals surface area contributed by atoms with E-state index in [-0.39, 0.29) is 24.9 Å². The Morgan fingerprint density at radius 2 is 0.919 bits per heavy atom. The second-order valence-corrected chi connectivity index (χ2v) is 17.3. The molecule has 0 aliphatic heterocycles. The first kappa shape index (κ1) is 59.0. The Morgan fingerprint density at radius 3 is 1.45 bits per heavy atom. The van der Waals surface area contributed by atoms with Crippen molar-refractivity contribution in [1.29, 1.82) is 0 Å². The molecule has 0 fully saturated rings. The molecule has 356 valence electrons. The summed E-state index contributed by atoms with van der Waals surface area (Å²) < 4.78 is 5.86. The van der Waals surface area contributed by atoms with Gasteiger partial charge in [0.25, 0.3) is 0 Å². The molecule has 0 radical (unpaired) electrons. The molecule has 3 N–H and O–H groups in total. The fraction of sp³-hybridized carbons (Fsp3) is 0.714. The monoisotopic (exact) mass is 864 g/mol. The zero-order valence-electron chi connectivity index (χ0n) is 40.5. The first-order valence-corrected chi connectivity index (χ1v) is 25.8. The van der Waals surface area contributed by atoms with Crippen molar-refractivity contribution in [2.24, 2.45) is 0 Å². The number of rotatable bonds is 45. The molecule has 3 unspecified atom stereocenters. The highest BCUT2D eigenvalue weighted by Gasteiger charge is 2.23. The van der Waals surface area contributed by atoms with E-state index >= 15 is 0 Å². The van der Waals surface area contributed by atoms with Crippen molar-refractivity contribution < 1.29 is 24.5 Å². The third-order valence-electron chi connectivity index (χ3n) is 11.3. The summed E-state index contributed by atoms with van der Waals surface area (Å²) in [4.78, 5) is 26.1. The molecule has 0 aromatic carbocycles. The maximum Gasteiger partial charge on any atom is 0.306 e. The van der Waals surface area contributed by atoms with E-state index in [1.54, 1.807) is 0 Å². The van der Waals surface area contributed by atoms with Gasteiger partial charge in [-0.1, -0.05) is 228 Å². The third kappa shape index (κ3) is 43.7. The van der Waals surface area contributed by atoms with Crippen LogP contribution in [0.1, 0.15) is 233 Å². The molecular formula is C56H97NO5. The van der Waals surface area contributed by atoms with Gasteiger partial charge in [-0.2, -0.15) is 0 Å². The van der Waals surface area contributed by atoms with E-state index in [1.807, 2.05) is 12.2 Å². The van der Waals surface area contributed by atoms with Gasteiger partial charge in [-0.25, -0.2) is 0 Å². The number of hydrogen-bond acceptors (Lipinski definition) is 5. The molecule has 0 aromatic heterocycles. The average molecular weight is 864 g/mol. The average Bonchev–Trinajstić information content (AvgIpc) is 3.26. The number of amides is 1. The minimum Gasteiger partial charge on any atom is -0.461 e. The second-order valence-electron chi connectivity index (χ2n) is 17.3. The predicted molar refractivity (Wildman–Crippen MR) is 268 cm³/mol. The highest BCUT2D eigenvalue weighted by molar-refractivity contribution is 5.77. The van der Waals surface area contributed by atoms with Crippen molar-refractivity contribution in [3.8, 4) is 0 Å². The number of nitrogens with one attached hydrogen (secondary N) is 1. The Kier molecular flexibility index (Phi) is 46.7. The summed E-state index contributed by atoms with van der Waals surface area (Å²) in [5, 5.41) is 23.7. The molecule has 0 aromatic rings. The zero-order chi connectivity index (χ0) is 45.2. The van der Waals surface area contributed by atoms with Crippen molar-refractivity contribution in [2.45, 2.75) is 251 Å². The summed E-state index contributed by atoms with van der Waals surface area (Å²) in [6, 6.07) is -0.738. The lowest BCUT2D eigenvalue weighted by Crippen LogP contribution is -2.46. The molecule has 0 aliphatic carbocycles. The van der Waals surface area contributed by atoms with Crippen LogP contribution in [0.5, 0.6) is 0 Å². The maximum absolute atomic E-state index is 13.2. The van der Waals surface area contributed by atoms with Gasteiger partial charge in [0.2, 0.25) is 5.91 Å². The number of hydrogen-bond donors (Lipinski definition) is 3. The van der Waals surface area contributed by atoms with Crippen LogP contribution in [0.15, 0.2) is 85.1 Å². The SMILES string of the molecule is CCCCC/C=C\C/C=C\C/C=C\C/C=C\CC(CC(=O)NC(CO)C(O)CCCCCCCCCCCC)OC(=O)CCCCCCC/C=C/C=C/C=C/CCCCCCC. The standard InChI is InChI=1S/C56H97NO5/c1-4-7-10-13-16-19-22-24-26-27-28-30-32-34-37-40-43-46-49-56(61)62-52(47-44-41-38-35-33-31-29-25-23-20-17-14-11-8-5-2)50-55(60)57-53(51-58)54(59)48-45-42-39-36-21-18-15-12-9-6-3/h17,20,22,24-30,33,35,41,44,52-54,58-59H,4-16,18-19,21,23,31-32,34,36-40,42-43,45-51H2,1-3H3,(H,57,60)/b20-17-,24-22+,27-26+,29-25-,30-28+,35-33-,44-41-. The van der Waals surface area contributed by atoms with E-state index in [4.69, 9.17) is 4.74 Å². The highest BCUT2D eigenvalue weighted by Crippen LogP contribution is 2.15. The maximum atomic E-state index is 13.2. The van der Waals surface area contributed by atoms with Crippen LogP contribution < -0.4 is 5.32 Å². The first-order chi connectivity index (χ1) is 30.5. The molecule has 6 heteroatoms. The molecule has 0 bridgehead atoms. The van der Waals surface area contributed by atoms with E-state index in [0.717, 1.165) is 83.5 Å². The summed E-state index contributed by atoms with van der Waals surface area (Å²) in [5.41, 5.74) is 0. The molecular weight excluding hydrogens is 767 g/mol. The van der Waals surface area contributed by atoms with Crippen LogP contribution in [0.25, 0.3) is 0 Å². The van der Waals surface area contributed by atoms with Gasteiger partial charge in [0, 0.05) is 12.8 Å². The van der Waals surface area contributed by atoms with Crippen molar-refractivity contribution in [2.75, 3.05) is 6.61 Å². The molecule has 0 aliphatic rings. The van der Waals surface area contributed by atoms with E-state index in [2.05, 4.69) is 99.0 Å². The Bertz CT molecular complexity index is 1200. The van der Waals surface area contributed by atoms with Gasteiger partial charge in [0.15, 0.2) is 0 Å². The van der Waals surface area contributed by atoms with E-state index in [1.165, 1.54) is 103 Å². The number of carbonyl (C=O) groups is 2. The van der Waals surface area contributed by atoms with E-state index in [9.17, 15) is 19.8 Å². The Labute approximate surface area is 383 Å². The van der Waals surface area contributed by atoms with Gasteiger partial charge in [0.1, 0.15) is 6.10 Å². The Morgan fingerprint density at radius 1 is 0.500 bits per heavy atom. The minimum atomic E-state index is -0.817. The predicted octanol–water partition coefficient (Wildman–Crippen LogP) is 15.6. The summed E-state index contributed by atoms with van der Waals surface area (Å²) in [6.45, 7) is 6.39. The number of aliphatic hydroxyl groups is 2. The van der Waals surface area contributed by atoms with Gasteiger partial charge in [-0.3, -0.25) is 9.59 Å². The third-order valence-corrected chi connectivity index (χ3v) is 11.3. The Balaban J connectivity index is 4.76. The summed E-state index contributed by atoms with van der Waals surface area (Å²) in [6.07, 6.45) is 63.7. The number of allylic oxidation sites excluding steroid dienone is 13. The molecule has 0 rings (SSSR count). The Hall–Kier alpha value is -2.96. The molecule has 1 amide bonds. The van der Waals surface area contributed by atoms with Crippen LogP contribution >= 0.6 is 0 Å². The lowest BCUT2D eigenvalue weighted by molar-refractivity contribution is -0.150. The number of aliphatic hydroxyl groups excluding tert-OH is 2. The van der Waals surface area contributed by atoms with Gasteiger partial charge in [-0.15, -0.1) is 0 Å². The number of esters is 1. The topological polar surface area (TPSA) is 95.9 Å². The van der Waals surface area contributed by atoms with Gasteiger partial charge < -0.3 is 20.3 Å². The van der Waals surface area contributed by atoms with Crippen molar-refractivity contribution in [1.82, 2.24) is 5.32 Å². The normalized spacial score (nSPS) is 14.0. The number of unbranched alkanes of at least 4 members (excludes halogenated alkanes) is 22. The minimum absolute atomic E-state index is 0.0106. The van der Waals surface area contributed by atoms with E-state index in [0.29, 0.717) is 19.3 Å². The zero-order valence-corrected chi connectivity index (χ0v) is 40.5. The number of ether oxygens (including phenoxy) is 1. The van der Waals surface area contributed by atoms with Crippen molar-refractivity contribution >= 4 is 11.9 Å². The summed E-state index contributed by atoms with van der Waals surface area (Å²) >= 11 is 0. The van der Waals surface area contributed by atoms with Gasteiger partial charge in [-0.05, 0) is 70.6 Å². The smallest absolute Gasteiger partial charge is 0.306 e. The number of carbonyl (C=O) groups excluding carboxylic acids is 2. The second kappa shape index (κ2) is 49.1. The van der Waals surface area contributed by atoms with Crippen molar-refractivity contribution in [3.63, 3.8) is 0 Å². The molecule has 0 spiro atoms. The van der Waals surface area contributed by atoms with Gasteiger partial charge in [0.05, 0.1) is 25.2 Å². The molecule has 6 nitrogen and oxygen atoms in total. The first-order valence-electron chi connectivity index (χ1n) is 25.8. The summed E-state index contributed by atoms with van der Waals surface area (Å²) in [7, 11) is 0. The quantitative estimate of drug-likeness (QED) is 0.0245. The fourth-order valence-corrected chi connectivity index (χ4v) is 7.29. The van der Waals surface area contributed by atoms with Crippen molar-refractivity contribution in [3.05, 3.63) is 85.1 Å².